The number of carbonyl (C=O) groups excluding carboxylic acids is 1. The lowest BCUT2D eigenvalue weighted by Gasteiger charge is -2.11. The fourth-order valence-electron chi connectivity index (χ4n) is 2.68. The number of rotatable bonds is 11. The van der Waals surface area contributed by atoms with E-state index in [1.807, 2.05) is 6.92 Å². The van der Waals surface area contributed by atoms with Gasteiger partial charge in [-0.3, -0.25) is 9.52 Å². The molecule has 0 aliphatic carbocycles. The normalized spacial score (nSPS) is 11.1. The molecule has 0 bridgehead atoms. The summed E-state index contributed by atoms with van der Waals surface area (Å²) in [7, 11) is -3.75. The van der Waals surface area contributed by atoms with E-state index >= 15 is 0 Å². The topological polar surface area (TPSA) is 84.5 Å². The molecule has 152 valence electrons. The monoisotopic (exact) mass is 404 g/mol. The number of hydrogen-bond donors (Lipinski definition) is 2. The Hall–Kier alpha value is -2.54. The Bertz CT molecular complexity index is 864. The highest BCUT2D eigenvalue weighted by Gasteiger charge is 2.15. The number of unbranched alkanes of at least 4 members (excludes halogenated alkanes) is 3. The zero-order valence-corrected chi connectivity index (χ0v) is 17.2. The van der Waals surface area contributed by atoms with E-state index in [4.69, 9.17) is 4.74 Å². The molecule has 0 fully saturated rings. The molecule has 6 nitrogen and oxygen atoms in total. The van der Waals surface area contributed by atoms with Crippen LogP contribution in [0.15, 0.2) is 53.4 Å². The molecule has 0 aromatic heterocycles. The molecule has 2 N–H and O–H groups in total. The number of nitrogens with one attached hydrogen (secondary N) is 2. The van der Waals surface area contributed by atoms with Crippen LogP contribution in [-0.2, 0) is 10.0 Å². The molecule has 0 aliphatic rings. The van der Waals surface area contributed by atoms with E-state index in [9.17, 15) is 13.2 Å². The maximum Gasteiger partial charge on any atom is 0.261 e. The Kier molecular flexibility index (Phi) is 8.32. The van der Waals surface area contributed by atoms with E-state index in [1.165, 1.54) is 18.2 Å². The van der Waals surface area contributed by atoms with Crippen molar-refractivity contribution < 1.29 is 17.9 Å². The maximum atomic E-state index is 12.6. The lowest BCUT2D eigenvalue weighted by Crippen LogP contribution is -2.24. The number of sulfonamides is 1. The van der Waals surface area contributed by atoms with Gasteiger partial charge in [0.25, 0.3) is 15.9 Å². The molecule has 1 amide bonds. The highest BCUT2D eigenvalue weighted by Crippen LogP contribution is 2.20. The minimum atomic E-state index is -3.75. The van der Waals surface area contributed by atoms with Gasteiger partial charge in [-0.05, 0) is 55.8 Å². The van der Waals surface area contributed by atoms with Gasteiger partial charge in [-0.1, -0.05) is 32.3 Å². The zero-order valence-electron chi connectivity index (χ0n) is 16.4. The largest absolute Gasteiger partial charge is 0.494 e. The maximum absolute atomic E-state index is 12.6. The van der Waals surface area contributed by atoms with E-state index in [2.05, 4.69) is 17.0 Å². The van der Waals surface area contributed by atoms with Crippen molar-refractivity contribution >= 4 is 21.6 Å². The van der Waals surface area contributed by atoms with Crippen molar-refractivity contribution in [2.24, 2.45) is 0 Å². The van der Waals surface area contributed by atoms with Crippen LogP contribution in [0.5, 0.6) is 5.75 Å². The SMILES string of the molecule is CCCCCCNC(=O)c1cccc(NS(=O)(=O)c2ccc(OCC)cc2)c1. The highest BCUT2D eigenvalue weighted by molar-refractivity contribution is 7.92. The molecule has 0 radical (unpaired) electrons. The van der Waals surface area contributed by atoms with Gasteiger partial charge < -0.3 is 10.1 Å². The van der Waals surface area contributed by atoms with Gasteiger partial charge in [0.15, 0.2) is 0 Å². The summed E-state index contributed by atoms with van der Waals surface area (Å²) in [5.74, 6) is 0.401. The van der Waals surface area contributed by atoms with E-state index in [0.29, 0.717) is 30.2 Å². The van der Waals surface area contributed by atoms with Gasteiger partial charge in [0.05, 0.1) is 11.5 Å². The Labute approximate surface area is 167 Å². The summed E-state index contributed by atoms with van der Waals surface area (Å²) in [5.41, 5.74) is 0.759. The highest BCUT2D eigenvalue weighted by atomic mass is 32.2. The summed E-state index contributed by atoms with van der Waals surface area (Å²) in [5, 5.41) is 2.87. The number of carbonyl (C=O) groups is 1. The predicted octanol–water partition coefficient (Wildman–Crippen LogP) is 4.20. The van der Waals surface area contributed by atoms with Crippen LogP contribution in [0.1, 0.15) is 49.9 Å². The van der Waals surface area contributed by atoms with E-state index < -0.39 is 10.0 Å². The fraction of sp³-hybridized carbons (Fsp3) is 0.381. The number of hydrogen-bond acceptors (Lipinski definition) is 4. The first-order valence-electron chi connectivity index (χ1n) is 9.60. The van der Waals surface area contributed by atoms with Crippen LogP contribution < -0.4 is 14.8 Å². The summed E-state index contributed by atoms with van der Waals surface area (Å²) in [6, 6.07) is 12.7. The van der Waals surface area contributed by atoms with Gasteiger partial charge in [-0.15, -0.1) is 0 Å². The molecule has 0 atom stereocenters. The minimum Gasteiger partial charge on any atom is -0.494 e. The first kappa shape index (κ1) is 21.8. The molecule has 0 heterocycles. The molecule has 0 saturated heterocycles. The lowest BCUT2D eigenvalue weighted by molar-refractivity contribution is 0.0953. The van der Waals surface area contributed by atoms with Crippen LogP contribution in [-0.4, -0.2) is 27.5 Å². The molecule has 28 heavy (non-hydrogen) atoms. The molecule has 0 unspecified atom stereocenters. The number of anilines is 1. The second-order valence-corrected chi connectivity index (χ2v) is 8.09. The third kappa shape index (κ3) is 6.56. The van der Waals surface area contributed by atoms with Gasteiger partial charge in [-0.2, -0.15) is 0 Å². The van der Waals surface area contributed by atoms with E-state index in [0.717, 1.165) is 25.7 Å². The van der Waals surface area contributed by atoms with Crippen LogP contribution in [0.3, 0.4) is 0 Å². The van der Waals surface area contributed by atoms with Crippen molar-refractivity contribution in [2.45, 2.75) is 44.4 Å². The third-order valence-electron chi connectivity index (χ3n) is 4.14. The van der Waals surface area contributed by atoms with Gasteiger partial charge in [0, 0.05) is 17.8 Å². The Morgan fingerprint density at radius 2 is 1.75 bits per heavy atom. The second-order valence-electron chi connectivity index (χ2n) is 6.41. The molecule has 2 aromatic rings. The van der Waals surface area contributed by atoms with Gasteiger partial charge in [0.1, 0.15) is 5.75 Å². The Balaban J connectivity index is 2.01. The molecule has 7 heteroatoms. The Morgan fingerprint density at radius 1 is 1.00 bits per heavy atom. The van der Waals surface area contributed by atoms with Crippen LogP contribution in [0.25, 0.3) is 0 Å². The van der Waals surface area contributed by atoms with Crippen molar-refractivity contribution in [2.75, 3.05) is 17.9 Å². The van der Waals surface area contributed by atoms with E-state index in [1.54, 1.807) is 30.3 Å². The number of benzene rings is 2. The first-order valence-corrected chi connectivity index (χ1v) is 11.1. The molecule has 2 rings (SSSR count). The van der Waals surface area contributed by atoms with Crippen LogP contribution in [0.2, 0.25) is 0 Å². The quantitative estimate of drug-likeness (QED) is 0.550. The molecule has 0 aliphatic heterocycles. The lowest BCUT2D eigenvalue weighted by atomic mass is 10.2. The minimum absolute atomic E-state index is 0.127. The zero-order chi connectivity index (χ0) is 20.4. The smallest absolute Gasteiger partial charge is 0.261 e. The van der Waals surface area contributed by atoms with Crippen molar-refractivity contribution in [3.05, 3.63) is 54.1 Å². The average Bonchev–Trinajstić information content (AvgIpc) is 2.68. The summed E-state index contributed by atoms with van der Waals surface area (Å²) >= 11 is 0. The first-order chi connectivity index (χ1) is 13.5. The van der Waals surface area contributed by atoms with E-state index in [-0.39, 0.29) is 10.8 Å². The number of amides is 1. The van der Waals surface area contributed by atoms with Gasteiger partial charge in [-0.25, -0.2) is 8.42 Å². The fourth-order valence-corrected chi connectivity index (χ4v) is 3.72. The third-order valence-corrected chi connectivity index (χ3v) is 5.54. The molecule has 0 spiro atoms. The van der Waals surface area contributed by atoms with Crippen molar-refractivity contribution in [3.63, 3.8) is 0 Å². The van der Waals surface area contributed by atoms with Crippen LogP contribution in [0, 0.1) is 0 Å². The molecular formula is C21H28N2O4S. The Morgan fingerprint density at radius 3 is 2.43 bits per heavy atom. The molecule has 0 saturated carbocycles. The molecular weight excluding hydrogens is 376 g/mol. The standard InChI is InChI=1S/C21H28N2O4S/c1-3-5-6-7-15-22-21(24)17-9-8-10-18(16-17)23-28(25,26)20-13-11-19(12-14-20)27-4-2/h8-14,16,23H,3-7,15H2,1-2H3,(H,22,24). The van der Waals surface area contributed by atoms with Crippen molar-refractivity contribution in [1.29, 1.82) is 0 Å². The van der Waals surface area contributed by atoms with Crippen LogP contribution >= 0.6 is 0 Å². The average molecular weight is 405 g/mol. The number of ether oxygens (including phenoxy) is 1. The summed E-state index contributed by atoms with van der Waals surface area (Å²) in [4.78, 5) is 12.4. The summed E-state index contributed by atoms with van der Waals surface area (Å²) < 4.78 is 33.0. The molecule has 2 aromatic carbocycles. The van der Waals surface area contributed by atoms with Gasteiger partial charge in [0.2, 0.25) is 0 Å². The van der Waals surface area contributed by atoms with Gasteiger partial charge >= 0.3 is 0 Å². The summed E-state index contributed by atoms with van der Waals surface area (Å²) in [6.07, 6.45) is 4.31. The van der Waals surface area contributed by atoms with Crippen molar-refractivity contribution in [3.8, 4) is 5.75 Å². The van der Waals surface area contributed by atoms with Crippen LogP contribution in [0.4, 0.5) is 5.69 Å². The predicted molar refractivity (Wildman–Crippen MR) is 111 cm³/mol. The van der Waals surface area contributed by atoms with Crippen molar-refractivity contribution in [1.82, 2.24) is 5.32 Å². The second kappa shape index (κ2) is 10.7. The summed E-state index contributed by atoms with van der Waals surface area (Å²) in [6.45, 7) is 5.12.